The van der Waals surface area contributed by atoms with Gasteiger partial charge < -0.3 is 9.88 Å². The van der Waals surface area contributed by atoms with E-state index < -0.39 is 0 Å². The van der Waals surface area contributed by atoms with Gasteiger partial charge in [0.05, 0.1) is 6.04 Å². The minimum Gasteiger partial charge on any atom is -0.341 e. The Kier molecular flexibility index (Phi) is 6.98. The fourth-order valence-electron chi connectivity index (χ4n) is 5.12. The van der Waals surface area contributed by atoms with E-state index in [1.165, 1.54) is 27.4 Å². The molecule has 5 heteroatoms. The molecule has 1 fully saturated rings. The lowest BCUT2D eigenvalue weighted by Crippen LogP contribution is -2.52. The Morgan fingerprint density at radius 3 is 2.40 bits per heavy atom. The molecule has 3 aromatic carbocycles. The molecule has 1 saturated heterocycles. The molecule has 0 saturated carbocycles. The van der Waals surface area contributed by atoms with Crippen LogP contribution < -0.4 is 5.32 Å². The largest absolute Gasteiger partial charge is 0.341 e. The Morgan fingerprint density at radius 1 is 0.914 bits per heavy atom. The summed E-state index contributed by atoms with van der Waals surface area (Å²) >= 11 is 0. The number of hydrogen-bond donors (Lipinski definition) is 1. The summed E-state index contributed by atoms with van der Waals surface area (Å²) < 4.78 is 2.33. The molecule has 5 rings (SSSR count). The van der Waals surface area contributed by atoms with E-state index in [9.17, 15) is 4.79 Å². The van der Waals surface area contributed by atoms with Gasteiger partial charge in [0.1, 0.15) is 0 Å². The highest BCUT2D eigenvalue weighted by molar-refractivity contribution is 6.10. The zero-order valence-electron chi connectivity index (χ0n) is 20.7. The number of anilines is 1. The molecule has 0 unspecified atom stereocenters. The first-order valence-electron chi connectivity index (χ1n) is 12.6. The van der Waals surface area contributed by atoms with Crippen LogP contribution in [-0.4, -0.2) is 59.0 Å². The summed E-state index contributed by atoms with van der Waals surface area (Å²) in [5.74, 6) is 0.0565. The number of nitrogens with zero attached hydrogens (tertiary/aromatic N) is 3. The summed E-state index contributed by atoms with van der Waals surface area (Å²) in [6.07, 6.45) is 4.41. The number of benzene rings is 3. The molecule has 2 heterocycles. The second kappa shape index (κ2) is 10.5. The van der Waals surface area contributed by atoms with Crippen LogP contribution in [0.2, 0.25) is 0 Å². The fraction of sp³-hybridized carbons (Fsp3) is 0.300. The SMILES string of the molecule is CCn1c2ccccc2c2cc(NC(=O)[C@H](C)N3CCN(C/C=C/c4ccccc4)CC3)ccc21. The van der Waals surface area contributed by atoms with Crippen molar-refractivity contribution in [2.45, 2.75) is 26.4 Å². The zero-order valence-corrected chi connectivity index (χ0v) is 20.7. The number of nitrogens with one attached hydrogen (secondary N) is 1. The lowest BCUT2D eigenvalue weighted by atomic mass is 10.1. The molecule has 1 amide bonds. The molecule has 4 aromatic rings. The van der Waals surface area contributed by atoms with Crippen molar-refractivity contribution in [1.29, 1.82) is 0 Å². The van der Waals surface area contributed by atoms with Gasteiger partial charge >= 0.3 is 0 Å². The molecule has 1 aliphatic rings. The van der Waals surface area contributed by atoms with Crippen molar-refractivity contribution in [3.8, 4) is 0 Å². The van der Waals surface area contributed by atoms with Gasteiger partial charge in [-0.2, -0.15) is 0 Å². The monoisotopic (exact) mass is 466 g/mol. The van der Waals surface area contributed by atoms with Gasteiger partial charge in [0, 0.05) is 66.8 Å². The molecule has 1 aromatic heterocycles. The fourth-order valence-corrected chi connectivity index (χ4v) is 5.12. The van der Waals surface area contributed by atoms with Crippen LogP contribution in [-0.2, 0) is 11.3 Å². The molecule has 1 aliphatic heterocycles. The van der Waals surface area contributed by atoms with E-state index in [0.717, 1.165) is 45.0 Å². The van der Waals surface area contributed by atoms with Crippen LogP contribution in [0.3, 0.4) is 0 Å². The molecule has 180 valence electrons. The number of hydrogen-bond acceptors (Lipinski definition) is 3. The Hall–Kier alpha value is -3.41. The molecule has 0 aliphatic carbocycles. The normalized spacial score (nSPS) is 16.3. The number of carbonyl (C=O) groups is 1. The molecule has 1 atom stereocenters. The quantitative estimate of drug-likeness (QED) is 0.393. The van der Waals surface area contributed by atoms with Gasteiger partial charge in [-0.15, -0.1) is 0 Å². The summed E-state index contributed by atoms with van der Waals surface area (Å²) in [6.45, 7) is 9.78. The Balaban J connectivity index is 1.19. The van der Waals surface area contributed by atoms with Crippen LogP contribution >= 0.6 is 0 Å². The highest BCUT2D eigenvalue weighted by atomic mass is 16.2. The van der Waals surface area contributed by atoms with Crippen molar-refractivity contribution in [2.24, 2.45) is 0 Å². The molecule has 0 radical (unpaired) electrons. The second-order valence-corrected chi connectivity index (χ2v) is 9.31. The van der Waals surface area contributed by atoms with E-state index in [2.05, 4.69) is 99.4 Å². The van der Waals surface area contributed by atoms with Crippen LogP contribution in [0.1, 0.15) is 19.4 Å². The van der Waals surface area contributed by atoms with Gasteiger partial charge in [-0.25, -0.2) is 0 Å². The molecule has 1 N–H and O–H groups in total. The average Bonchev–Trinajstić information content (AvgIpc) is 3.22. The van der Waals surface area contributed by atoms with Gasteiger partial charge in [0.2, 0.25) is 5.91 Å². The van der Waals surface area contributed by atoms with Gasteiger partial charge in [-0.1, -0.05) is 60.7 Å². The molecule has 0 spiro atoms. The van der Waals surface area contributed by atoms with Gasteiger partial charge in [0.15, 0.2) is 0 Å². The number of aromatic nitrogens is 1. The first kappa shape index (κ1) is 23.3. The minimum absolute atomic E-state index is 0.0565. The molecular weight excluding hydrogens is 432 g/mol. The number of aryl methyl sites for hydroxylation is 1. The summed E-state index contributed by atoms with van der Waals surface area (Å²) in [4.78, 5) is 17.8. The van der Waals surface area contributed by atoms with Gasteiger partial charge in [-0.3, -0.25) is 14.6 Å². The minimum atomic E-state index is -0.162. The number of para-hydroxylation sites is 1. The molecule has 5 nitrogen and oxygen atoms in total. The van der Waals surface area contributed by atoms with Crippen LogP contribution in [0, 0.1) is 0 Å². The predicted molar refractivity (Wildman–Crippen MR) is 147 cm³/mol. The molecule has 0 bridgehead atoms. The van der Waals surface area contributed by atoms with Crippen LogP contribution in [0.25, 0.3) is 27.9 Å². The summed E-state index contributed by atoms with van der Waals surface area (Å²) in [5.41, 5.74) is 4.53. The molecular formula is C30H34N4O. The van der Waals surface area contributed by atoms with E-state index in [4.69, 9.17) is 0 Å². The summed E-state index contributed by atoms with van der Waals surface area (Å²) in [6, 6.07) is 25.0. The maximum Gasteiger partial charge on any atom is 0.241 e. The predicted octanol–water partition coefficient (Wildman–Crippen LogP) is 5.47. The number of fused-ring (bicyclic) bond motifs is 3. The van der Waals surface area contributed by atoms with E-state index in [1.54, 1.807) is 0 Å². The third-order valence-corrected chi connectivity index (χ3v) is 7.16. The maximum atomic E-state index is 13.1. The van der Waals surface area contributed by atoms with Crippen LogP contribution in [0.15, 0.2) is 78.9 Å². The van der Waals surface area contributed by atoms with E-state index in [0.29, 0.717) is 0 Å². The van der Waals surface area contributed by atoms with E-state index in [1.807, 2.05) is 19.1 Å². The van der Waals surface area contributed by atoms with E-state index >= 15 is 0 Å². The Bertz CT molecular complexity index is 1330. The average molecular weight is 467 g/mol. The van der Waals surface area contributed by atoms with Crippen molar-refractivity contribution in [2.75, 3.05) is 38.0 Å². The second-order valence-electron chi connectivity index (χ2n) is 9.31. The van der Waals surface area contributed by atoms with Crippen LogP contribution in [0.4, 0.5) is 5.69 Å². The number of carbonyl (C=O) groups excluding carboxylic acids is 1. The van der Waals surface area contributed by atoms with Crippen molar-refractivity contribution >= 4 is 39.5 Å². The summed E-state index contributed by atoms with van der Waals surface area (Å²) in [5, 5.41) is 5.59. The smallest absolute Gasteiger partial charge is 0.241 e. The maximum absolute atomic E-state index is 13.1. The number of amides is 1. The first-order valence-corrected chi connectivity index (χ1v) is 12.6. The van der Waals surface area contributed by atoms with Crippen molar-refractivity contribution < 1.29 is 4.79 Å². The third kappa shape index (κ3) is 5.02. The lowest BCUT2D eigenvalue weighted by Gasteiger charge is -2.37. The number of rotatable bonds is 7. The Labute approximate surface area is 207 Å². The van der Waals surface area contributed by atoms with Crippen molar-refractivity contribution in [3.63, 3.8) is 0 Å². The standard InChI is InChI=1S/C30H34N4O/c1-3-34-28-14-8-7-13-26(28)27-22-25(15-16-29(27)34)31-30(35)23(2)33-20-18-32(19-21-33)17-9-12-24-10-5-4-6-11-24/h4-16,22-23H,3,17-21H2,1-2H3,(H,31,35)/b12-9+/t23-/m0/s1. The topological polar surface area (TPSA) is 40.5 Å². The highest BCUT2D eigenvalue weighted by Crippen LogP contribution is 2.31. The number of piperazine rings is 1. The first-order chi connectivity index (χ1) is 17.1. The molecule has 35 heavy (non-hydrogen) atoms. The summed E-state index contributed by atoms with van der Waals surface area (Å²) in [7, 11) is 0. The Morgan fingerprint density at radius 2 is 1.63 bits per heavy atom. The van der Waals surface area contributed by atoms with E-state index in [-0.39, 0.29) is 11.9 Å². The van der Waals surface area contributed by atoms with Crippen LogP contribution in [0.5, 0.6) is 0 Å². The van der Waals surface area contributed by atoms with Crippen molar-refractivity contribution in [3.05, 3.63) is 84.4 Å². The van der Waals surface area contributed by atoms with Crippen molar-refractivity contribution in [1.82, 2.24) is 14.4 Å². The lowest BCUT2D eigenvalue weighted by molar-refractivity contribution is -0.121. The highest BCUT2D eigenvalue weighted by Gasteiger charge is 2.25. The third-order valence-electron chi connectivity index (χ3n) is 7.16. The van der Waals surface area contributed by atoms with Gasteiger partial charge in [0.25, 0.3) is 0 Å². The zero-order chi connectivity index (χ0) is 24.2. The van der Waals surface area contributed by atoms with Gasteiger partial charge in [-0.05, 0) is 43.7 Å².